The van der Waals surface area contributed by atoms with E-state index in [1.807, 2.05) is 18.2 Å². The molecule has 1 aromatic rings. The van der Waals surface area contributed by atoms with E-state index in [9.17, 15) is 4.79 Å². The number of nitrogens with zero attached hydrogens (tertiary/aromatic N) is 1. The molecule has 0 aliphatic heterocycles. The van der Waals surface area contributed by atoms with Crippen molar-refractivity contribution in [2.45, 2.75) is 19.4 Å². The summed E-state index contributed by atoms with van der Waals surface area (Å²) in [4.78, 5) is 10.5. The second-order valence-corrected chi connectivity index (χ2v) is 3.93. The van der Waals surface area contributed by atoms with Crippen LogP contribution in [0.2, 0.25) is 0 Å². The molecule has 0 heterocycles. The number of nitrogens with two attached hydrogens (primary N) is 2. The number of rotatable bonds is 7. The number of hydrogen-bond acceptors (Lipinski definition) is 4. The predicted octanol–water partition coefficient (Wildman–Crippen LogP) is 0.136. The van der Waals surface area contributed by atoms with Gasteiger partial charge in [-0.3, -0.25) is 4.79 Å². The smallest absolute Gasteiger partial charge is 0.217 e. The number of amides is 1. The van der Waals surface area contributed by atoms with Crippen molar-refractivity contribution in [3.05, 3.63) is 35.4 Å². The van der Waals surface area contributed by atoms with E-state index in [-0.39, 0.29) is 11.7 Å². The zero-order chi connectivity index (χ0) is 13.4. The Hall–Kier alpha value is -2.08. The lowest BCUT2D eigenvalue weighted by molar-refractivity contribution is -0.118. The molecule has 0 aliphatic rings. The number of nitrogens with one attached hydrogen (secondary N) is 1. The third-order valence-electron chi connectivity index (χ3n) is 2.44. The molecule has 6 nitrogen and oxygen atoms in total. The Morgan fingerprint density at radius 1 is 1.39 bits per heavy atom. The van der Waals surface area contributed by atoms with Crippen LogP contribution >= 0.6 is 0 Å². The normalized spacial score (nSPS) is 11.4. The van der Waals surface area contributed by atoms with Gasteiger partial charge in [0.2, 0.25) is 5.91 Å². The van der Waals surface area contributed by atoms with E-state index < -0.39 is 0 Å². The topological polar surface area (TPSA) is 114 Å². The van der Waals surface area contributed by atoms with Gasteiger partial charge in [0.15, 0.2) is 5.84 Å². The van der Waals surface area contributed by atoms with Crippen LogP contribution in [0.4, 0.5) is 0 Å². The van der Waals surface area contributed by atoms with Gasteiger partial charge >= 0.3 is 0 Å². The standard InChI is InChI=1S/C12H18N4O2/c13-11(17)5-2-6-15-8-9-3-1-4-10(7-9)12(14)16-18/h1,3-4,7,15,18H,2,5-6,8H2,(H2,13,17)(H2,14,16). The largest absolute Gasteiger partial charge is 0.409 e. The quantitative estimate of drug-likeness (QED) is 0.181. The van der Waals surface area contributed by atoms with E-state index in [1.165, 1.54) is 0 Å². The van der Waals surface area contributed by atoms with Crippen LogP contribution in [0, 0.1) is 0 Å². The van der Waals surface area contributed by atoms with Crippen LogP contribution in [0.5, 0.6) is 0 Å². The van der Waals surface area contributed by atoms with Crippen molar-refractivity contribution in [1.82, 2.24) is 5.32 Å². The second kappa shape index (κ2) is 7.29. The van der Waals surface area contributed by atoms with Gasteiger partial charge in [-0.25, -0.2) is 0 Å². The average molecular weight is 250 g/mol. The molecule has 0 unspecified atom stereocenters. The van der Waals surface area contributed by atoms with E-state index in [1.54, 1.807) is 6.07 Å². The third kappa shape index (κ3) is 4.84. The molecule has 0 atom stereocenters. The Bertz CT molecular complexity index is 432. The molecular weight excluding hydrogens is 232 g/mol. The summed E-state index contributed by atoms with van der Waals surface area (Å²) in [6.07, 6.45) is 1.10. The molecular formula is C12H18N4O2. The molecule has 0 spiro atoms. The summed E-state index contributed by atoms with van der Waals surface area (Å²) in [6, 6.07) is 7.39. The van der Waals surface area contributed by atoms with Crippen molar-refractivity contribution in [1.29, 1.82) is 0 Å². The molecule has 1 rings (SSSR count). The maximum absolute atomic E-state index is 10.5. The number of carbonyl (C=O) groups is 1. The van der Waals surface area contributed by atoms with E-state index in [4.69, 9.17) is 16.7 Å². The Morgan fingerprint density at radius 2 is 2.17 bits per heavy atom. The summed E-state index contributed by atoms with van der Waals surface area (Å²) in [6.45, 7) is 1.38. The third-order valence-corrected chi connectivity index (χ3v) is 2.44. The van der Waals surface area contributed by atoms with Crippen LogP contribution in [0.1, 0.15) is 24.0 Å². The lowest BCUT2D eigenvalue weighted by Crippen LogP contribution is -2.19. The lowest BCUT2D eigenvalue weighted by atomic mass is 10.1. The maximum Gasteiger partial charge on any atom is 0.217 e. The highest BCUT2D eigenvalue weighted by molar-refractivity contribution is 5.97. The minimum Gasteiger partial charge on any atom is -0.409 e. The fourth-order valence-electron chi connectivity index (χ4n) is 1.52. The molecule has 1 amide bonds. The first-order valence-corrected chi connectivity index (χ1v) is 5.69. The fraction of sp³-hybridized carbons (Fsp3) is 0.333. The van der Waals surface area contributed by atoms with E-state index in [0.717, 1.165) is 18.5 Å². The molecule has 98 valence electrons. The van der Waals surface area contributed by atoms with Gasteiger partial charge in [-0.1, -0.05) is 23.4 Å². The van der Waals surface area contributed by atoms with Crippen LogP contribution in [0.25, 0.3) is 0 Å². The molecule has 0 saturated heterocycles. The Balaban J connectivity index is 2.41. The summed E-state index contributed by atoms with van der Waals surface area (Å²) >= 11 is 0. The lowest BCUT2D eigenvalue weighted by Gasteiger charge is -2.06. The number of carbonyl (C=O) groups excluding carboxylic acids is 1. The number of amidine groups is 1. The summed E-state index contributed by atoms with van der Waals surface area (Å²) in [5, 5.41) is 14.7. The molecule has 6 heteroatoms. The first kappa shape index (κ1) is 14.0. The molecule has 1 aromatic carbocycles. The highest BCUT2D eigenvalue weighted by atomic mass is 16.4. The van der Waals surface area contributed by atoms with E-state index in [2.05, 4.69) is 10.5 Å². The van der Waals surface area contributed by atoms with Crippen molar-refractivity contribution < 1.29 is 10.0 Å². The number of hydrogen-bond donors (Lipinski definition) is 4. The fourth-order valence-corrected chi connectivity index (χ4v) is 1.52. The number of primary amides is 1. The van der Waals surface area contributed by atoms with Crippen LogP contribution in [0.15, 0.2) is 29.4 Å². The van der Waals surface area contributed by atoms with Crippen LogP contribution < -0.4 is 16.8 Å². The van der Waals surface area contributed by atoms with Crippen LogP contribution in [-0.4, -0.2) is 23.5 Å². The van der Waals surface area contributed by atoms with Crippen molar-refractivity contribution in [3.8, 4) is 0 Å². The zero-order valence-corrected chi connectivity index (χ0v) is 10.1. The van der Waals surface area contributed by atoms with Crippen molar-refractivity contribution in [2.24, 2.45) is 16.6 Å². The summed E-state index contributed by atoms with van der Waals surface area (Å²) in [5.41, 5.74) is 12.2. The highest BCUT2D eigenvalue weighted by Crippen LogP contribution is 2.04. The molecule has 0 aliphatic carbocycles. The second-order valence-electron chi connectivity index (χ2n) is 3.93. The van der Waals surface area contributed by atoms with Gasteiger partial charge in [-0.15, -0.1) is 0 Å². The molecule has 0 aromatic heterocycles. The molecule has 0 radical (unpaired) electrons. The molecule has 0 saturated carbocycles. The first-order valence-electron chi connectivity index (χ1n) is 5.69. The number of oxime groups is 1. The predicted molar refractivity (Wildman–Crippen MR) is 69.1 cm³/mol. The van der Waals surface area contributed by atoms with Gasteiger partial charge in [-0.05, 0) is 24.6 Å². The SMILES string of the molecule is NC(=O)CCCNCc1cccc(C(N)=NO)c1. The van der Waals surface area contributed by atoms with Gasteiger partial charge in [-0.2, -0.15) is 0 Å². The Kier molecular flexibility index (Phi) is 5.66. The van der Waals surface area contributed by atoms with Gasteiger partial charge in [0, 0.05) is 18.5 Å². The van der Waals surface area contributed by atoms with Crippen LogP contribution in [-0.2, 0) is 11.3 Å². The Labute approximate surface area is 106 Å². The zero-order valence-electron chi connectivity index (χ0n) is 10.1. The summed E-state index contributed by atoms with van der Waals surface area (Å²) in [5.74, 6) is -0.198. The van der Waals surface area contributed by atoms with Crippen molar-refractivity contribution in [2.75, 3.05) is 6.54 Å². The maximum atomic E-state index is 10.5. The number of benzene rings is 1. The van der Waals surface area contributed by atoms with Crippen molar-refractivity contribution >= 4 is 11.7 Å². The molecule has 0 fully saturated rings. The van der Waals surface area contributed by atoms with Gasteiger partial charge in [0.05, 0.1) is 0 Å². The van der Waals surface area contributed by atoms with Gasteiger partial charge < -0.3 is 22.0 Å². The minimum atomic E-state index is -0.286. The minimum absolute atomic E-state index is 0.0885. The average Bonchev–Trinajstić information content (AvgIpc) is 2.37. The van der Waals surface area contributed by atoms with Crippen LogP contribution in [0.3, 0.4) is 0 Å². The summed E-state index contributed by atoms with van der Waals surface area (Å²) in [7, 11) is 0. The summed E-state index contributed by atoms with van der Waals surface area (Å²) < 4.78 is 0. The monoisotopic (exact) mass is 250 g/mol. The highest BCUT2D eigenvalue weighted by Gasteiger charge is 2.00. The molecule has 6 N–H and O–H groups in total. The van der Waals surface area contributed by atoms with Crippen molar-refractivity contribution in [3.63, 3.8) is 0 Å². The van der Waals surface area contributed by atoms with Gasteiger partial charge in [0.1, 0.15) is 0 Å². The first-order chi connectivity index (χ1) is 8.63. The van der Waals surface area contributed by atoms with E-state index in [0.29, 0.717) is 18.5 Å². The molecule has 0 bridgehead atoms. The van der Waals surface area contributed by atoms with E-state index >= 15 is 0 Å². The van der Waals surface area contributed by atoms with Gasteiger partial charge in [0.25, 0.3) is 0 Å². The Morgan fingerprint density at radius 3 is 2.83 bits per heavy atom. The molecule has 18 heavy (non-hydrogen) atoms.